The number of nitrogens with one attached hydrogen (secondary N) is 1. The van der Waals surface area contributed by atoms with Crippen LogP contribution in [-0.2, 0) is 0 Å². The van der Waals surface area contributed by atoms with Crippen molar-refractivity contribution in [1.29, 1.82) is 0 Å². The van der Waals surface area contributed by atoms with Crippen LogP contribution in [0.2, 0.25) is 0 Å². The average molecular weight is 290 g/mol. The van der Waals surface area contributed by atoms with Gasteiger partial charge in [-0.25, -0.2) is 0 Å². The number of ether oxygens (including phenoxy) is 1. The molecule has 0 bridgehead atoms. The van der Waals surface area contributed by atoms with Gasteiger partial charge in [-0.15, -0.1) is 0 Å². The third-order valence-electron chi connectivity index (χ3n) is 5.02. The van der Waals surface area contributed by atoms with E-state index >= 15 is 0 Å². The van der Waals surface area contributed by atoms with Crippen molar-refractivity contribution in [2.24, 2.45) is 0 Å². The first-order valence-electron chi connectivity index (χ1n) is 8.28. The lowest BCUT2D eigenvalue weighted by atomic mass is 9.83. The van der Waals surface area contributed by atoms with Crippen molar-refractivity contribution in [2.75, 3.05) is 26.7 Å². The van der Waals surface area contributed by atoms with Crippen molar-refractivity contribution < 1.29 is 4.74 Å². The molecule has 2 atom stereocenters. The Morgan fingerprint density at radius 3 is 2.29 bits per heavy atom. The lowest BCUT2D eigenvalue weighted by molar-refractivity contribution is 0.0846. The fraction of sp³-hybridized carbons (Fsp3) is 0.667. The highest BCUT2D eigenvalue weighted by Crippen LogP contribution is 2.36. The van der Waals surface area contributed by atoms with Gasteiger partial charge in [-0.05, 0) is 63.5 Å². The SMILES string of the molecule is CCNC(c1ccc(OC)cc1)C(C)(CC)N1CCCC1. The van der Waals surface area contributed by atoms with E-state index in [0.29, 0.717) is 6.04 Å². The Morgan fingerprint density at radius 2 is 1.81 bits per heavy atom. The second-order valence-electron chi connectivity index (χ2n) is 6.17. The quantitative estimate of drug-likeness (QED) is 0.830. The van der Waals surface area contributed by atoms with E-state index in [1.54, 1.807) is 7.11 Å². The summed E-state index contributed by atoms with van der Waals surface area (Å²) < 4.78 is 5.29. The molecule has 0 spiro atoms. The number of benzene rings is 1. The van der Waals surface area contributed by atoms with Gasteiger partial charge in [0.1, 0.15) is 5.75 Å². The van der Waals surface area contributed by atoms with E-state index in [-0.39, 0.29) is 5.54 Å². The second kappa shape index (κ2) is 7.28. The maximum Gasteiger partial charge on any atom is 0.118 e. The molecule has 1 aromatic rings. The van der Waals surface area contributed by atoms with E-state index in [1.165, 1.54) is 31.5 Å². The first kappa shape index (κ1) is 16.3. The molecule has 0 saturated carbocycles. The molecule has 1 aromatic carbocycles. The molecule has 1 aliphatic heterocycles. The smallest absolute Gasteiger partial charge is 0.118 e. The summed E-state index contributed by atoms with van der Waals surface area (Å²) in [5, 5.41) is 3.72. The molecule has 3 heteroatoms. The Bertz CT molecular complexity index is 425. The van der Waals surface area contributed by atoms with Crippen LogP contribution in [0.15, 0.2) is 24.3 Å². The summed E-state index contributed by atoms with van der Waals surface area (Å²) in [4.78, 5) is 2.67. The summed E-state index contributed by atoms with van der Waals surface area (Å²) in [5.74, 6) is 0.924. The zero-order chi connectivity index (χ0) is 15.3. The molecule has 1 N–H and O–H groups in total. The van der Waals surface area contributed by atoms with Crippen molar-refractivity contribution in [2.45, 2.75) is 51.6 Å². The lowest BCUT2D eigenvalue weighted by Gasteiger charge is -2.45. The van der Waals surface area contributed by atoms with Crippen molar-refractivity contribution in [3.05, 3.63) is 29.8 Å². The monoisotopic (exact) mass is 290 g/mol. The third-order valence-corrected chi connectivity index (χ3v) is 5.02. The summed E-state index contributed by atoms with van der Waals surface area (Å²) in [7, 11) is 1.72. The van der Waals surface area contributed by atoms with Gasteiger partial charge in [0.25, 0.3) is 0 Å². The van der Waals surface area contributed by atoms with E-state index in [1.807, 2.05) is 0 Å². The van der Waals surface area contributed by atoms with Gasteiger partial charge in [-0.2, -0.15) is 0 Å². The van der Waals surface area contributed by atoms with E-state index < -0.39 is 0 Å². The Kier molecular flexibility index (Phi) is 5.65. The van der Waals surface area contributed by atoms with Crippen LogP contribution in [0.3, 0.4) is 0 Å². The van der Waals surface area contributed by atoms with E-state index in [9.17, 15) is 0 Å². The van der Waals surface area contributed by atoms with Gasteiger partial charge in [0.2, 0.25) is 0 Å². The fourth-order valence-corrected chi connectivity index (χ4v) is 3.54. The number of likely N-dealkylation sites (tertiary alicyclic amines) is 1. The normalized spacial score (nSPS) is 20.2. The first-order chi connectivity index (χ1) is 10.2. The minimum Gasteiger partial charge on any atom is -0.497 e. The third kappa shape index (κ3) is 3.41. The van der Waals surface area contributed by atoms with Gasteiger partial charge in [0.05, 0.1) is 13.2 Å². The van der Waals surface area contributed by atoms with Crippen molar-refractivity contribution >= 4 is 0 Å². The molecule has 2 unspecified atom stereocenters. The summed E-state index contributed by atoms with van der Waals surface area (Å²) in [6.07, 6.45) is 3.81. The molecule has 3 nitrogen and oxygen atoms in total. The van der Waals surface area contributed by atoms with Crippen LogP contribution in [0, 0.1) is 0 Å². The molecule has 118 valence electrons. The zero-order valence-electron chi connectivity index (χ0n) is 14.0. The topological polar surface area (TPSA) is 24.5 Å². The van der Waals surface area contributed by atoms with Crippen molar-refractivity contribution in [3.63, 3.8) is 0 Å². The Labute approximate surface area is 129 Å². The van der Waals surface area contributed by atoms with Gasteiger partial charge in [-0.1, -0.05) is 26.0 Å². The standard InChI is InChI=1S/C18H30N2O/c1-5-18(3,20-13-7-8-14-20)17(19-6-2)15-9-11-16(21-4)12-10-15/h9-12,17,19H,5-8,13-14H2,1-4H3. The van der Waals surface area contributed by atoms with E-state index in [0.717, 1.165) is 18.7 Å². The average Bonchev–Trinajstić information content (AvgIpc) is 3.07. The largest absolute Gasteiger partial charge is 0.497 e. The first-order valence-corrected chi connectivity index (χ1v) is 8.28. The molecule has 0 amide bonds. The van der Waals surface area contributed by atoms with Gasteiger partial charge < -0.3 is 10.1 Å². The van der Waals surface area contributed by atoms with Gasteiger partial charge >= 0.3 is 0 Å². The Balaban J connectivity index is 2.29. The lowest BCUT2D eigenvalue weighted by Crippen LogP contribution is -2.53. The highest BCUT2D eigenvalue weighted by Gasteiger charge is 2.39. The predicted octanol–water partition coefficient (Wildman–Crippen LogP) is 3.61. The molecular weight excluding hydrogens is 260 g/mol. The number of rotatable bonds is 7. The highest BCUT2D eigenvalue weighted by atomic mass is 16.5. The van der Waals surface area contributed by atoms with Crippen LogP contribution in [0.5, 0.6) is 5.75 Å². The van der Waals surface area contributed by atoms with Crippen LogP contribution >= 0.6 is 0 Å². The second-order valence-corrected chi connectivity index (χ2v) is 6.17. The minimum absolute atomic E-state index is 0.168. The summed E-state index contributed by atoms with van der Waals surface area (Å²) in [6.45, 7) is 10.4. The highest BCUT2D eigenvalue weighted by molar-refractivity contribution is 5.31. The number of methoxy groups -OCH3 is 1. The number of nitrogens with zero attached hydrogens (tertiary/aromatic N) is 1. The summed E-state index contributed by atoms with van der Waals surface area (Å²) >= 11 is 0. The van der Waals surface area contributed by atoms with Crippen LogP contribution in [0.4, 0.5) is 0 Å². The number of hydrogen-bond donors (Lipinski definition) is 1. The number of likely N-dealkylation sites (N-methyl/N-ethyl adjacent to an activating group) is 1. The molecule has 1 saturated heterocycles. The van der Waals surface area contributed by atoms with Gasteiger partial charge in [0.15, 0.2) is 0 Å². The zero-order valence-corrected chi connectivity index (χ0v) is 14.0. The Morgan fingerprint density at radius 1 is 1.19 bits per heavy atom. The van der Waals surface area contributed by atoms with Gasteiger partial charge in [0, 0.05) is 5.54 Å². The van der Waals surface area contributed by atoms with Crippen LogP contribution < -0.4 is 10.1 Å². The molecule has 21 heavy (non-hydrogen) atoms. The van der Waals surface area contributed by atoms with Crippen molar-refractivity contribution in [3.8, 4) is 5.75 Å². The molecule has 0 aromatic heterocycles. The number of hydrogen-bond acceptors (Lipinski definition) is 3. The minimum atomic E-state index is 0.168. The Hall–Kier alpha value is -1.06. The molecule has 2 rings (SSSR count). The van der Waals surface area contributed by atoms with E-state index in [2.05, 4.69) is 55.3 Å². The summed E-state index contributed by atoms with van der Waals surface area (Å²) in [6, 6.07) is 8.91. The van der Waals surface area contributed by atoms with Gasteiger partial charge in [-0.3, -0.25) is 4.90 Å². The van der Waals surface area contributed by atoms with Crippen LogP contribution in [0.25, 0.3) is 0 Å². The van der Waals surface area contributed by atoms with Crippen LogP contribution in [-0.4, -0.2) is 37.2 Å². The predicted molar refractivity (Wildman–Crippen MR) is 88.9 cm³/mol. The van der Waals surface area contributed by atoms with Crippen LogP contribution in [0.1, 0.15) is 51.6 Å². The molecule has 1 aliphatic rings. The maximum atomic E-state index is 5.29. The maximum absolute atomic E-state index is 5.29. The fourth-order valence-electron chi connectivity index (χ4n) is 3.54. The molecule has 1 fully saturated rings. The van der Waals surface area contributed by atoms with E-state index in [4.69, 9.17) is 4.74 Å². The molecular formula is C18H30N2O. The summed E-state index contributed by atoms with van der Waals surface area (Å²) in [5.41, 5.74) is 1.52. The molecule has 1 heterocycles. The molecule has 0 radical (unpaired) electrons. The van der Waals surface area contributed by atoms with Crippen molar-refractivity contribution in [1.82, 2.24) is 10.2 Å². The molecule has 0 aliphatic carbocycles.